The van der Waals surface area contributed by atoms with Gasteiger partial charge in [0.25, 0.3) is 6.43 Å². The van der Waals surface area contributed by atoms with Crippen molar-refractivity contribution in [3.05, 3.63) is 28.3 Å². The third-order valence-corrected chi connectivity index (χ3v) is 3.49. The van der Waals surface area contributed by atoms with Gasteiger partial charge in [-0.05, 0) is 49.5 Å². The summed E-state index contributed by atoms with van der Waals surface area (Å²) in [5, 5.41) is 13.1. The van der Waals surface area contributed by atoms with E-state index < -0.39 is 6.43 Å². The van der Waals surface area contributed by atoms with Gasteiger partial charge in [-0.2, -0.15) is 0 Å². The summed E-state index contributed by atoms with van der Waals surface area (Å²) in [5.41, 5.74) is 0.378. The van der Waals surface area contributed by atoms with Crippen LogP contribution in [0.5, 0.6) is 5.75 Å². The van der Waals surface area contributed by atoms with E-state index in [-0.39, 0.29) is 22.3 Å². The number of halogens is 3. The average Bonchev–Trinajstić information content (AvgIpc) is 2.32. The number of rotatable bonds is 2. The van der Waals surface area contributed by atoms with Crippen LogP contribution in [-0.2, 0) is 0 Å². The monoisotopic (exact) mass is 261 g/mol. The molecule has 0 amide bonds. The van der Waals surface area contributed by atoms with Crippen LogP contribution >= 0.6 is 11.6 Å². The Labute approximate surface area is 104 Å². The van der Waals surface area contributed by atoms with Crippen LogP contribution in [0.15, 0.2) is 12.1 Å². The van der Waals surface area contributed by atoms with Gasteiger partial charge in [0, 0.05) is 10.6 Å². The summed E-state index contributed by atoms with van der Waals surface area (Å²) in [4.78, 5) is 0. The van der Waals surface area contributed by atoms with E-state index in [1.807, 2.05) is 0 Å². The van der Waals surface area contributed by atoms with Crippen LogP contribution in [0.1, 0.15) is 36.3 Å². The molecule has 1 aliphatic heterocycles. The maximum Gasteiger partial charge on any atom is 0.265 e. The Morgan fingerprint density at radius 2 is 1.94 bits per heavy atom. The quantitative estimate of drug-likeness (QED) is 0.855. The third-order valence-electron chi connectivity index (χ3n) is 3.16. The van der Waals surface area contributed by atoms with Gasteiger partial charge >= 0.3 is 0 Å². The number of hydrogen-bond acceptors (Lipinski definition) is 2. The van der Waals surface area contributed by atoms with E-state index in [2.05, 4.69) is 5.32 Å². The Bertz CT molecular complexity index is 406. The highest BCUT2D eigenvalue weighted by molar-refractivity contribution is 6.31. The van der Waals surface area contributed by atoms with Gasteiger partial charge in [-0.25, -0.2) is 8.78 Å². The average molecular weight is 262 g/mol. The lowest BCUT2D eigenvalue weighted by Gasteiger charge is -2.24. The lowest BCUT2D eigenvalue weighted by Crippen LogP contribution is -2.26. The maximum absolute atomic E-state index is 12.6. The molecule has 1 saturated heterocycles. The molecule has 5 heteroatoms. The minimum Gasteiger partial charge on any atom is -0.508 e. The van der Waals surface area contributed by atoms with Gasteiger partial charge in [-0.15, -0.1) is 0 Å². The van der Waals surface area contributed by atoms with Gasteiger partial charge in [0.05, 0.1) is 0 Å². The number of benzene rings is 1. The van der Waals surface area contributed by atoms with Crippen molar-refractivity contribution in [1.82, 2.24) is 5.32 Å². The minimum atomic E-state index is -2.66. The van der Waals surface area contributed by atoms with Crippen molar-refractivity contribution in [1.29, 1.82) is 0 Å². The molecule has 1 aliphatic rings. The number of phenols is 1. The van der Waals surface area contributed by atoms with Crippen molar-refractivity contribution in [3.8, 4) is 5.75 Å². The molecule has 2 rings (SSSR count). The van der Waals surface area contributed by atoms with Crippen LogP contribution < -0.4 is 5.32 Å². The molecule has 1 aromatic carbocycles. The van der Waals surface area contributed by atoms with Crippen molar-refractivity contribution < 1.29 is 13.9 Å². The molecule has 0 unspecified atom stereocenters. The van der Waals surface area contributed by atoms with Crippen LogP contribution in [0.4, 0.5) is 8.78 Å². The van der Waals surface area contributed by atoms with Crippen molar-refractivity contribution in [3.63, 3.8) is 0 Å². The summed E-state index contributed by atoms with van der Waals surface area (Å²) >= 11 is 5.81. The Morgan fingerprint density at radius 3 is 2.53 bits per heavy atom. The zero-order valence-electron chi connectivity index (χ0n) is 9.22. The number of alkyl halides is 2. The predicted molar refractivity (Wildman–Crippen MR) is 62.9 cm³/mol. The molecule has 17 heavy (non-hydrogen) atoms. The molecule has 2 N–H and O–H groups in total. The van der Waals surface area contributed by atoms with Gasteiger partial charge in [0.15, 0.2) is 0 Å². The van der Waals surface area contributed by atoms with Crippen LogP contribution in [-0.4, -0.2) is 18.2 Å². The van der Waals surface area contributed by atoms with E-state index in [0.717, 1.165) is 32.0 Å². The highest BCUT2D eigenvalue weighted by Gasteiger charge is 2.22. The molecule has 0 bridgehead atoms. The van der Waals surface area contributed by atoms with Crippen LogP contribution in [0.3, 0.4) is 0 Å². The molecular weight excluding hydrogens is 248 g/mol. The van der Waals surface area contributed by atoms with Crippen LogP contribution in [0, 0.1) is 0 Å². The van der Waals surface area contributed by atoms with Gasteiger partial charge in [-0.1, -0.05) is 11.6 Å². The summed E-state index contributed by atoms with van der Waals surface area (Å²) < 4.78 is 25.2. The second-order valence-electron chi connectivity index (χ2n) is 4.26. The first-order chi connectivity index (χ1) is 8.09. The van der Waals surface area contributed by atoms with Crippen molar-refractivity contribution in [2.24, 2.45) is 0 Å². The standard InChI is InChI=1S/C12H14ClF2NO/c13-10-5-8(7-1-3-16-4-2-7)11(17)6-9(10)12(14)15/h5-7,12,16-17H,1-4H2. The Hall–Kier alpha value is -0.870. The van der Waals surface area contributed by atoms with E-state index >= 15 is 0 Å². The normalized spacial score (nSPS) is 17.6. The van der Waals surface area contributed by atoms with E-state index in [9.17, 15) is 13.9 Å². The van der Waals surface area contributed by atoms with Crippen LogP contribution in [0.2, 0.25) is 5.02 Å². The smallest absolute Gasteiger partial charge is 0.265 e. The first-order valence-electron chi connectivity index (χ1n) is 5.60. The summed E-state index contributed by atoms with van der Waals surface area (Å²) in [6, 6.07) is 2.57. The molecule has 0 atom stereocenters. The molecule has 0 aliphatic carbocycles. The number of aromatic hydroxyl groups is 1. The number of hydrogen-bond donors (Lipinski definition) is 2. The van der Waals surface area contributed by atoms with Crippen molar-refractivity contribution in [2.45, 2.75) is 25.2 Å². The van der Waals surface area contributed by atoms with Crippen molar-refractivity contribution in [2.75, 3.05) is 13.1 Å². The van der Waals surface area contributed by atoms with E-state index in [1.165, 1.54) is 6.07 Å². The molecule has 1 heterocycles. The molecule has 1 aromatic rings. The van der Waals surface area contributed by atoms with Gasteiger partial charge in [0.1, 0.15) is 5.75 Å². The first-order valence-corrected chi connectivity index (χ1v) is 5.98. The van der Waals surface area contributed by atoms with Crippen LogP contribution in [0.25, 0.3) is 0 Å². The highest BCUT2D eigenvalue weighted by Crippen LogP contribution is 2.38. The van der Waals surface area contributed by atoms with E-state index in [1.54, 1.807) is 0 Å². The van der Waals surface area contributed by atoms with Crippen molar-refractivity contribution >= 4 is 11.6 Å². The molecule has 1 fully saturated rings. The fourth-order valence-corrected chi connectivity index (χ4v) is 2.48. The molecule has 0 aromatic heterocycles. The molecule has 0 spiro atoms. The minimum absolute atomic E-state index is 0.0336. The second kappa shape index (κ2) is 5.19. The second-order valence-corrected chi connectivity index (χ2v) is 4.66. The lowest BCUT2D eigenvalue weighted by atomic mass is 9.89. The summed E-state index contributed by atoms with van der Waals surface area (Å²) in [7, 11) is 0. The predicted octanol–water partition coefficient (Wildman–Crippen LogP) is 3.45. The number of phenolic OH excluding ortho intramolecular Hbond substituents is 1. The molecule has 2 nitrogen and oxygen atoms in total. The number of piperidine rings is 1. The largest absolute Gasteiger partial charge is 0.508 e. The summed E-state index contributed by atoms with van der Waals surface area (Å²) in [6.07, 6.45) is -0.883. The highest BCUT2D eigenvalue weighted by atomic mass is 35.5. The lowest BCUT2D eigenvalue weighted by molar-refractivity contribution is 0.151. The third kappa shape index (κ3) is 2.69. The Kier molecular flexibility index (Phi) is 3.84. The first kappa shape index (κ1) is 12.6. The zero-order valence-corrected chi connectivity index (χ0v) is 9.97. The molecular formula is C12H14ClF2NO. The Morgan fingerprint density at radius 1 is 1.29 bits per heavy atom. The molecule has 94 valence electrons. The number of nitrogens with one attached hydrogen (secondary N) is 1. The maximum atomic E-state index is 12.6. The summed E-state index contributed by atoms with van der Waals surface area (Å²) in [6.45, 7) is 1.75. The van der Waals surface area contributed by atoms with Gasteiger partial charge in [0.2, 0.25) is 0 Å². The van der Waals surface area contributed by atoms with Gasteiger partial charge < -0.3 is 10.4 Å². The molecule has 0 radical (unpaired) electrons. The fraction of sp³-hybridized carbons (Fsp3) is 0.500. The molecule has 0 saturated carbocycles. The van der Waals surface area contributed by atoms with E-state index in [4.69, 9.17) is 11.6 Å². The zero-order chi connectivity index (χ0) is 12.4. The topological polar surface area (TPSA) is 32.3 Å². The SMILES string of the molecule is Oc1cc(C(F)F)c(Cl)cc1C1CCNCC1. The van der Waals surface area contributed by atoms with E-state index in [0.29, 0.717) is 5.56 Å². The Balaban J connectivity index is 2.32. The fourth-order valence-electron chi connectivity index (χ4n) is 2.22. The van der Waals surface area contributed by atoms with Gasteiger partial charge in [-0.3, -0.25) is 0 Å². The summed E-state index contributed by atoms with van der Waals surface area (Å²) in [5.74, 6) is 0.122.